The van der Waals surface area contributed by atoms with Gasteiger partial charge in [0.15, 0.2) is 0 Å². The number of carboxylic acids is 1. The molecule has 0 spiro atoms. The van der Waals surface area contributed by atoms with E-state index in [1.165, 1.54) is 0 Å². The summed E-state index contributed by atoms with van der Waals surface area (Å²) < 4.78 is 0. The molecule has 0 aromatic rings. The van der Waals surface area contributed by atoms with Gasteiger partial charge in [0, 0.05) is 0 Å². The number of thiol groups is 2. The van der Waals surface area contributed by atoms with Gasteiger partial charge in [-0.25, -0.2) is 0 Å². The molecule has 0 aromatic heterocycles. The minimum atomic E-state index is -1.08. The average Bonchev–Trinajstić information content (AvgIpc) is 1.82. The van der Waals surface area contributed by atoms with Gasteiger partial charge >= 0.3 is 5.97 Å². The van der Waals surface area contributed by atoms with Crippen molar-refractivity contribution in [2.24, 2.45) is 5.73 Å². The maximum atomic E-state index is 9.84. The van der Waals surface area contributed by atoms with Crippen LogP contribution in [-0.2, 0) is 4.79 Å². The Morgan fingerprint density at radius 3 is 1.75 bits per heavy atom. The van der Waals surface area contributed by atoms with E-state index in [0.717, 1.165) is 0 Å². The highest BCUT2D eigenvalue weighted by molar-refractivity contribution is 7.96. The number of carbonyl (C=O) groups excluding carboxylic acids is 2. The van der Waals surface area contributed by atoms with Gasteiger partial charge in [-0.1, -0.05) is 25.3 Å². The molecule has 4 N–H and O–H groups in total. The number of carbonyl (C=O) groups is 3. The summed E-state index contributed by atoms with van der Waals surface area (Å²) in [5.41, 5.74) is 4.34. The molecule has 2 amide bonds. The van der Waals surface area contributed by atoms with Crippen LogP contribution in [0.15, 0.2) is 0 Å². The molecular formula is C4H8N2O4S2. The molecule has 0 aliphatic heterocycles. The Bertz CT molecular complexity index is 166. The first-order valence-electron chi connectivity index (χ1n) is 2.53. The number of carboxylic acid groups (broad SMARTS) is 1. The zero-order valence-electron chi connectivity index (χ0n) is 5.85. The lowest BCUT2D eigenvalue weighted by Crippen LogP contribution is -2.24. The van der Waals surface area contributed by atoms with Crippen LogP contribution >= 0.6 is 25.3 Å². The van der Waals surface area contributed by atoms with Crippen LogP contribution in [0.2, 0.25) is 0 Å². The third-order valence-electron chi connectivity index (χ3n) is 0.391. The zero-order valence-corrected chi connectivity index (χ0v) is 7.64. The summed E-state index contributed by atoms with van der Waals surface area (Å²) in [6, 6.07) is 0. The Hall–Kier alpha value is -0.890. The van der Waals surface area contributed by atoms with Gasteiger partial charge in [-0.15, -0.1) is 0 Å². The van der Waals surface area contributed by atoms with Gasteiger partial charge in [0.25, 0.3) is 10.5 Å². The zero-order chi connectivity index (χ0) is 10.1. The Morgan fingerprint density at radius 2 is 1.67 bits per heavy atom. The summed E-state index contributed by atoms with van der Waals surface area (Å²) in [7, 11) is 0. The van der Waals surface area contributed by atoms with Crippen molar-refractivity contribution in [3.05, 3.63) is 0 Å². The van der Waals surface area contributed by atoms with Crippen LogP contribution in [0, 0.1) is 0 Å². The number of rotatable bonds is 2. The second kappa shape index (κ2) is 8.21. The smallest absolute Gasteiger partial charge is 0.323 e. The maximum Gasteiger partial charge on any atom is 0.323 e. The van der Waals surface area contributed by atoms with Crippen LogP contribution in [-0.4, -0.2) is 28.1 Å². The summed E-state index contributed by atoms with van der Waals surface area (Å²) in [5.74, 6) is -1.08. The molecule has 0 saturated heterocycles. The average molecular weight is 212 g/mol. The Labute approximate surface area is 79.3 Å². The van der Waals surface area contributed by atoms with E-state index in [0.29, 0.717) is 0 Å². The number of nitrogens with one attached hydrogen (secondary N) is 1. The van der Waals surface area contributed by atoms with E-state index in [2.05, 4.69) is 31.0 Å². The van der Waals surface area contributed by atoms with E-state index in [9.17, 15) is 9.59 Å². The molecule has 8 heteroatoms. The fourth-order valence-corrected chi connectivity index (χ4v) is 0.230. The van der Waals surface area contributed by atoms with Gasteiger partial charge in [-0.3, -0.25) is 14.4 Å². The molecule has 0 heterocycles. The van der Waals surface area contributed by atoms with Crippen molar-refractivity contribution >= 4 is 41.7 Å². The lowest BCUT2D eigenvalue weighted by atomic mass is 10.7. The first kappa shape index (κ1) is 13.7. The van der Waals surface area contributed by atoms with Gasteiger partial charge < -0.3 is 16.2 Å². The predicted molar refractivity (Wildman–Crippen MR) is 48.6 cm³/mol. The minimum absolute atomic E-state index is 0.373. The molecule has 0 fully saturated rings. The molecule has 0 radical (unpaired) electrons. The first-order chi connectivity index (χ1) is 5.36. The van der Waals surface area contributed by atoms with Gasteiger partial charge in [-0.05, 0) is 0 Å². The van der Waals surface area contributed by atoms with E-state index < -0.39 is 16.4 Å². The van der Waals surface area contributed by atoms with Crippen molar-refractivity contribution < 1.29 is 19.5 Å². The predicted octanol–water partition coefficient (Wildman–Crippen LogP) is -0.295. The van der Waals surface area contributed by atoms with E-state index >= 15 is 0 Å². The summed E-state index contributed by atoms with van der Waals surface area (Å²) >= 11 is 6.36. The third kappa shape index (κ3) is 35.5. The van der Waals surface area contributed by atoms with Crippen LogP contribution < -0.4 is 11.1 Å². The van der Waals surface area contributed by atoms with Crippen LogP contribution in [0.1, 0.15) is 0 Å². The molecule has 12 heavy (non-hydrogen) atoms. The van der Waals surface area contributed by atoms with Crippen LogP contribution in [0.4, 0.5) is 9.59 Å². The van der Waals surface area contributed by atoms with Crippen molar-refractivity contribution in [1.82, 2.24) is 5.32 Å². The molecule has 0 aromatic carbocycles. The fraction of sp³-hybridized carbons (Fsp3) is 0.250. The van der Waals surface area contributed by atoms with E-state index in [1.807, 2.05) is 5.32 Å². The largest absolute Gasteiger partial charge is 0.480 e. The van der Waals surface area contributed by atoms with Gasteiger partial charge in [0.05, 0.1) is 0 Å². The van der Waals surface area contributed by atoms with Crippen molar-refractivity contribution in [3.63, 3.8) is 0 Å². The van der Waals surface area contributed by atoms with Crippen LogP contribution in [0.5, 0.6) is 0 Å². The van der Waals surface area contributed by atoms with Crippen molar-refractivity contribution in [2.45, 2.75) is 0 Å². The quantitative estimate of drug-likeness (QED) is 0.405. The van der Waals surface area contributed by atoms with E-state index in [1.54, 1.807) is 0 Å². The second-order valence-electron chi connectivity index (χ2n) is 1.39. The molecule has 70 valence electrons. The number of hydrogen-bond acceptors (Lipinski definition) is 3. The van der Waals surface area contributed by atoms with Crippen LogP contribution in [0.3, 0.4) is 0 Å². The highest BCUT2D eigenvalue weighted by atomic mass is 32.1. The molecule has 6 nitrogen and oxygen atoms in total. The van der Waals surface area contributed by atoms with E-state index in [4.69, 9.17) is 9.90 Å². The summed E-state index contributed by atoms with van der Waals surface area (Å²) in [6.07, 6.45) is 0. The number of primary amides is 1. The SMILES string of the molecule is NC(=O)S.O=C(O)CNC(=O)S. The molecule has 0 aliphatic carbocycles. The number of aliphatic carboxylic acids is 1. The highest BCUT2D eigenvalue weighted by Crippen LogP contribution is 1.72. The monoisotopic (exact) mass is 212 g/mol. The van der Waals surface area contributed by atoms with Crippen molar-refractivity contribution in [1.29, 1.82) is 0 Å². The normalized spacial score (nSPS) is 7.50. The van der Waals surface area contributed by atoms with Crippen LogP contribution in [0.25, 0.3) is 0 Å². The number of hydrogen-bond donors (Lipinski definition) is 5. The molecule has 0 bridgehead atoms. The second-order valence-corrected chi connectivity index (χ2v) is 2.24. The Balaban J connectivity index is 0. The van der Waals surface area contributed by atoms with Crippen molar-refractivity contribution in [2.75, 3.05) is 6.54 Å². The molecule has 0 saturated carbocycles. The Kier molecular flexibility index (Phi) is 9.36. The number of amides is 2. The summed E-state index contributed by atoms with van der Waals surface area (Å²) in [6.45, 7) is -0.373. The lowest BCUT2D eigenvalue weighted by molar-refractivity contribution is -0.135. The highest BCUT2D eigenvalue weighted by Gasteiger charge is 1.95. The molecule has 0 rings (SSSR count). The molecular weight excluding hydrogens is 204 g/mol. The number of nitrogens with two attached hydrogens (primary N) is 1. The lowest BCUT2D eigenvalue weighted by Gasteiger charge is -1.91. The van der Waals surface area contributed by atoms with E-state index in [-0.39, 0.29) is 6.54 Å². The van der Waals surface area contributed by atoms with Gasteiger partial charge in [0.2, 0.25) is 0 Å². The van der Waals surface area contributed by atoms with Crippen molar-refractivity contribution in [3.8, 4) is 0 Å². The Morgan fingerprint density at radius 1 is 1.33 bits per heavy atom. The standard InChI is InChI=1S/C3H5NO3S.CH3NOS/c5-2(6)1-4-3(7)8;2-1(3)4/h1H2,(H,5,6)(H2,4,7,8);(H3,2,3,4). The fourth-order valence-electron chi connectivity index (χ4n) is 0.151. The van der Waals surface area contributed by atoms with Gasteiger partial charge in [0.1, 0.15) is 6.54 Å². The summed E-state index contributed by atoms with van der Waals surface area (Å²) in [4.78, 5) is 28.6. The molecule has 0 atom stereocenters. The minimum Gasteiger partial charge on any atom is -0.480 e. The van der Waals surface area contributed by atoms with Gasteiger partial charge in [-0.2, -0.15) is 0 Å². The third-order valence-corrected chi connectivity index (χ3v) is 0.549. The summed E-state index contributed by atoms with van der Waals surface area (Å²) in [5, 5.41) is 8.61. The topological polar surface area (TPSA) is 109 Å². The molecule has 0 aliphatic rings. The first-order valence-corrected chi connectivity index (χ1v) is 3.42. The molecule has 0 unspecified atom stereocenters. The maximum absolute atomic E-state index is 9.84.